The Labute approximate surface area is 93.5 Å². The first kappa shape index (κ1) is 10.0. The van der Waals surface area contributed by atoms with Crippen molar-refractivity contribution in [3.8, 4) is 0 Å². The standard InChI is InChI=1S/C12H12ClS/c1-2-3-4-9-8-14-12-7-10(13)5-6-11(9)12/h5-8H,1-4H2. The quantitative estimate of drug-likeness (QED) is 0.707. The first-order valence-corrected chi connectivity index (χ1v) is 6.02. The first-order chi connectivity index (χ1) is 6.81. The van der Waals surface area contributed by atoms with Crippen LogP contribution in [0.3, 0.4) is 0 Å². The second kappa shape index (κ2) is 4.33. The lowest BCUT2D eigenvalue weighted by Gasteiger charge is -1.97. The smallest absolute Gasteiger partial charge is 0.0420 e. The van der Waals surface area contributed by atoms with Crippen LogP contribution < -0.4 is 0 Å². The SMILES string of the molecule is [CH2]CCCc1csc2cc(Cl)ccc12. The van der Waals surface area contributed by atoms with Gasteiger partial charge in [-0.05, 0) is 41.3 Å². The second-order valence-electron chi connectivity index (χ2n) is 3.36. The van der Waals surface area contributed by atoms with Gasteiger partial charge in [0.1, 0.15) is 0 Å². The minimum atomic E-state index is 0.822. The van der Waals surface area contributed by atoms with Gasteiger partial charge in [0.25, 0.3) is 0 Å². The summed E-state index contributed by atoms with van der Waals surface area (Å²) in [6, 6.07) is 6.12. The van der Waals surface area contributed by atoms with E-state index in [1.165, 1.54) is 15.6 Å². The average molecular weight is 224 g/mol. The highest BCUT2D eigenvalue weighted by molar-refractivity contribution is 7.17. The minimum absolute atomic E-state index is 0.822. The molecule has 0 nitrogen and oxygen atoms in total. The number of rotatable bonds is 3. The molecule has 0 bridgehead atoms. The summed E-state index contributed by atoms with van der Waals surface area (Å²) in [5, 5.41) is 4.41. The van der Waals surface area contributed by atoms with Crippen LogP contribution in [-0.2, 0) is 6.42 Å². The lowest BCUT2D eigenvalue weighted by molar-refractivity contribution is 0.848. The molecule has 1 aromatic carbocycles. The summed E-state index contributed by atoms with van der Waals surface area (Å²) in [4.78, 5) is 0. The van der Waals surface area contributed by atoms with E-state index in [4.69, 9.17) is 11.6 Å². The summed E-state index contributed by atoms with van der Waals surface area (Å²) in [7, 11) is 0. The third-order valence-corrected chi connectivity index (χ3v) is 3.54. The number of hydrogen-bond donors (Lipinski definition) is 0. The van der Waals surface area contributed by atoms with Crippen LogP contribution in [-0.4, -0.2) is 0 Å². The Morgan fingerprint density at radius 1 is 1.36 bits per heavy atom. The number of benzene rings is 1. The van der Waals surface area contributed by atoms with E-state index in [9.17, 15) is 0 Å². The van der Waals surface area contributed by atoms with E-state index in [2.05, 4.69) is 18.4 Å². The highest BCUT2D eigenvalue weighted by Crippen LogP contribution is 2.29. The van der Waals surface area contributed by atoms with Crippen LogP contribution in [0, 0.1) is 6.92 Å². The Bertz CT molecular complexity index is 431. The van der Waals surface area contributed by atoms with Gasteiger partial charge in [-0.2, -0.15) is 0 Å². The predicted octanol–water partition coefficient (Wildman–Crippen LogP) is 4.71. The molecular formula is C12H12ClS. The molecule has 1 radical (unpaired) electrons. The number of hydrogen-bond acceptors (Lipinski definition) is 1. The molecule has 0 aliphatic heterocycles. The Balaban J connectivity index is 2.37. The molecule has 1 heterocycles. The van der Waals surface area contributed by atoms with Gasteiger partial charge in [0.05, 0.1) is 0 Å². The van der Waals surface area contributed by atoms with Crippen molar-refractivity contribution in [2.45, 2.75) is 19.3 Å². The Morgan fingerprint density at radius 3 is 3.00 bits per heavy atom. The van der Waals surface area contributed by atoms with Gasteiger partial charge in [-0.25, -0.2) is 0 Å². The number of fused-ring (bicyclic) bond motifs is 1. The first-order valence-electron chi connectivity index (χ1n) is 4.76. The van der Waals surface area contributed by atoms with Gasteiger partial charge >= 0.3 is 0 Å². The zero-order valence-electron chi connectivity index (χ0n) is 7.92. The van der Waals surface area contributed by atoms with Crippen LogP contribution in [0.15, 0.2) is 23.6 Å². The van der Waals surface area contributed by atoms with Crippen molar-refractivity contribution >= 4 is 33.0 Å². The summed E-state index contributed by atoms with van der Waals surface area (Å²) in [6.45, 7) is 3.86. The van der Waals surface area contributed by atoms with Gasteiger partial charge in [-0.3, -0.25) is 0 Å². The summed E-state index contributed by atoms with van der Waals surface area (Å²) in [5.74, 6) is 0. The fourth-order valence-corrected chi connectivity index (χ4v) is 2.84. The van der Waals surface area contributed by atoms with E-state index in [1.54, 1.807) is 11.3 Å². The van der Waals surface area contributed by atoms with E-state index >= 15 is 0 Å². The van der Waals surface area contributed by atoms with Gasteiger partial charge in [-0.15, -0.1) is 11.3 Å². The summed E-state index contributed by atoms with van der Waals surface area (Å²) >= 11 is 7.70. The van der Waals surface area contributed by atoms with Gasteiger partial charge < -0.3 is 0 Å². The van der Waals surface area contributed by atoms with Crippen LogP contribution in [0.1, 0.15) is 18.4 Å². The van der Waals surface area contributed by atoms with Crippen molar-refractivity contribution in [2.75, 3.05) is 0 Å². The van der Waals surface area contributed by atoms with Crippen molar-refractivity contribution in [1.29, 1.82) is 0 Å². The fourth-order valence-electron chi connectivity index (χ4n) is 1.57. The zero-order valence-corrected chi connectivity index (χ0v) is 9.50. The number of thiophene rings is 1. The molecule has 0 aliphatic rings. The van der Waals surface area contributed by atoms with Crippen LogP contribution in [0.4, 0.5) is 0 Å². The maximum absolute atomic E-state index is 5.93. The van der Waals surface area contributed by atoms with Crippen molar-refractivity contribution in [3.63, 3.8) is 0 Å². The van der Waals surface area contributed by atoms with Crippen molar-refractivity contribution in [1.82, 2.24) is 0 Å². The third kappa shape index (κ3) is 1.94. The largest absolute Gasteiger partial charge is 0.143 e. The number of halogens is 1. The number of aryl methyl sites for hydroxylation is 1. The molecule has 73 valence electrons. The van der Waals surface area contributed by atoms with Crippen LogP contribution in [0.5, 0.6) is 0 Å². The van der Waals surface area contributed by atoms with Gasteiger partial charge in [0.2, 0.25) is 0 Å². The van der Waals surface area contributed by atoms with E-state index < -0.39 is 0 Å². The van der Waals surface area contributed by atoms with Crippen LogP contribution in [0.25, 0.3) is 10.1 Å². The lowest BCUT2D eigenvalue weighted by Crippen LogP contribution is -1.81. The Morgan fingerprint density at radius 2 is 2.21 bits per heavy atom. The maximum atomic E-state index is 5.93. The molecule has 0 amide bonds. The molecule has 2 rings (SSSR count). The fraction of sp³-hybridized carbons (Fsp3) is 0.250. The van der Waals surface area contributed by atoms with Crippen molar-refractivity contribution in [3.05, 3.63) is 41.1 Å². The zero-order chi connectivity index (χ0) is 9.97. The van der Waals surface area contributed by atoms with E-state index in [0.29, 0.717) is 0 Å². The molecule has 0 N–H and O–H groups in total. The van der Waals surface area contributed by atoms with Gasteiger partial charge in [0.15, 0.2) is 0 Å². The third-order valence-electron chi connectivity index (χ3n) is 2.31. The topological polar surface area (TPSA) is 0 Å². The lowest BCUT2D eigenvalue weighted by atomic mass is 10.1. The molecule has 0 aliphatic carbocycles. The van der Waals surface area contributed by atoms with Gasteiger partial charge in [-0.1, -0.05) is 31.0 Å². The summed E-state index contributed by atoms with van der Waals surface area (Å²) in [6.07, 6.45) is 3.30. The van der Waals surface area contributed by atoms with Crippen LogP contribution in [0.2, 0.25) is 5.02 Å². The van der Waals surface area contributed by atoms with E-state index in [-0.39, 0.29) is 0 Å². The highest BCUT2D eigenvalue weighted by atomic mass is 35.5. The maximum Gasteiger partial charge on any atom is 0.0420 e. The molecule has 0 fully saturated rings. The summed E-state index contributed by atoms with van der Waals surface area (Å²) < 4.78 is 1.29. The van der Waals surface area contributed by atoms with Crippen molar-refractivity contribution < 1.29 is 0 Å². The molecule has 0 spiro atoms. The van der Waals surface area contributed by atoms with E-state index in [0.717, 1.165) is 24.3 Å². The Kier molecular flexibility index (Phi) is 3.09. The molecule has 2 heteroatoms. The average Bonchev–Trinajstić information content (AvgIpc) is 2.57. The molecule has 0 atom stereocenters. The minimum Gasteiger partial charge on any atom is -0.143 e. The molecule has 0 saturated carbocycles. The molecule has 14 heavy (non-hydrogen) atoms. The monoisotopic (exact) mass is 223 g/mol. The molecule has 0 unspecified atom stereocenters. The summed E-state index contributed by atoms with van der Waals surface area (Å²) in [5.41, 5.74) is 1.44. The molecule has 1 aromatic heterocycles. The second-order valence-corrected chi connectivity index (χ2v) is 4.71. The Hall–Kier alpha value is -0.530. The molecule has 2 aromatic rings. The molecule has 0 saturated heterocycles. The van der Waals surface area contributed by atoms with Crippen LogP contribution >= 0.6 is 22.9 Å². The van der Waals surface area contributed by atoms with Crippen molar-refractivity contribution in [2.24, 2.45) is 0 Å². The predicted molar refractivity (Wildman–Crippen MR) is 65.1 cm³/mol. The molecular weight excluding hydrogens is 212 g/mol. The highest BCUT2D eigenvalue weighted by Gasteiger charge is 2.03. The van der Waals surface area contributed by atoms with Gasteiger partial charge in [0, 0.05) is 9.72 Å². The van der Waals surface area contributed by atoms with E-state index in [1.807, 2.05) is 12.1 Å². The normalized spacial score (nSPS) is 11.0. The number of unbranched alkanes of at least 4 members (excludes halogenated alkanes) is 1.